The van der Waals surface area contributed by atoms with Gasteiger partial charge in [0.1, 0.15) is 24.7 Å². The van der Waals surface area contributed by atoms with Crippen molar-refractivity contribution in [3.63, 3.8) is 0 Å². The lowest BCUT2D eigenvalue weighted by molar-refractivity contribution is 0.0775. The maximum Gasteiger partial charge on any atom is 0.133 e. The molecule has 1 aromatic carbocycles. The number of hydrogen-bond donors (Lipinski definition) is 1. The van der Waals surface area contributed by atoms with Crippen LogP contribution in [-0.4, -0.2) is 19.3 Å². The van der Waals surface area contributed by atoms with Gasteiger partial charge in [-0.2, -0.15) is 0 Å². The SMILES string of the molecule is c1ccc(OCCOCc2occc2CNC2CC2)cc1. The second-order valence-corrected chi connectivity index (χ2v) is 5.24. The molecule has 0 saturated heterocycles. The van der Waals surface area contributed by atoms with Gasteiger partial charge in [0.2, 0.25) is 0 Å². The van der Waals surface area contributed by atoms with Gasteiger partial charge in [0.15, 0.2) is 0 Å². The van der Waals surface area contributed by atoms with E-state index in [1.165, 1.54) is 18.4 Å². The molecule has 21 heavy (non-hydrogen) atoms. The third-order valence-corrected chi connectivity index (χ3v) is 3.47. The van der Waals surface area contributed by atoms with Crippen LogP contribution in [0.2, 0.25) is 0 Å². The lowest BCUT2D eigenvalue weighted by Gasteiger charge is -2.07. The van der Waals surface area contributed by atoms with E-state index in [4.69, 9.17) is 13.9 Å². The van der Waals surface area contributed by atoms with Crippen molar-refractivity contribution in [2.24, 2.45) is 0 Å². The highest BCUT2D eigenvalue weighted by Gasteiger charge is 2.20. The average Bonchev–Trinajstić information content (AvgIpc) is 3.25. The van der Waals surface area contributed by atoms with Crippen molar-refractivity contribution in [3.8, 4) is 5.75 Å². The smallest absolute Gasteiger partial charge is 0.133 e. The fraction of sp³-hybridized carbons (Fsp3) is 0.412. The van der Waals surface area contributed by atoms with Crippen LogP contribution in [0, 0.1) is 0 Å². The Balaban J connectivity index is 1.34. The van der Waals surface area contributed by atoms with Crippen molar-refractivity contribution < 1.29 is 13.9 Å². The van der Waals surface area contributed by atoms with Crippen LogP contribution in [0.1, 0.15) is 24.2 Å². The van der Waals surface area contributed by atoms with Gasteiger partial charge in [-0.05, 0) is 31.0 Å². The van der Waals surface area contributed by atoms with Gasteiger partial charge < -0.3 is 19.2 Å². The van der Waals surface area contributed by atoms with Gasteiger partial charge in [0, 0.05) is 18.2 Å². The van der Waals surface area contributed by atoms with Crippen molar-refractivity contribution in [3.05, 3.63) is 54.0 Å². The molecule has 0 amide bonds. The standard InChI is InChI=1S/C17H21NO3/c1-2-4-16(5-3-1)20-11-10-19-13-17-14(8-9-21-17)12-18-15-6-7-15/h1-5,8-9,15,18H,6-7,10-13H2. The van der Waals surface area contributed by atoms with Gasteiger partial charge in [0.25, 0.3) is 0 Å². The highest BCUT2D eigenvalue weighted by atomic mass is 16.5. The minimum absolute atomic E-state index is 0.493. The molecule has 0 bridgehead atoms. The molecule has 112 valence electrons. The Morgan fingerprint density at radius 2 is 1.95 bits per heavy atom. The molecular formula is C17H21NO3. The molecule has 0 radical (unpaired) electrons. The topological polar surface area (TPSA) is 43.6 Å². The molecule has 1 aliphatic carbocycles. The number of hydrogen-bond acceptors (Lipinski definition) is 4. The van der Waals surface area contributed by atoms with E-state index in [2.05, 4.69) is 5.32 Å². The molecule has 1 heterocycles. The summed E-state index contributed by atoms with van der Waals surface area (Å²) in [7, 11) is 0. The van der Waals surface area contributed by atoms with Gasteiger partial charge in [-0.3, -0.25) is 0 Å². The molecule has 0 unspecified atom stereocenters. The summed E-state index contributed by atoms with van der Waals surface area (Å²) in [6.45, 7) is 2.44. The molecule has 0 aliphatic heterocycles. The van der Waals surface area contributed by atoms with Gasteiger partial charge in [-0.25, -0.2) is 0 Å². The first kappa shape index (κ1) is 14.2. The van der Waals surface area contributed by atoms with Crippen LogP contribution in [-0.2, 0) is 17.9 Å². The van der Waals surface area contributed by atoms with E-state index in [1.807, 2.05) is 36.4 Å². The summed E-state index contributed by atoms with van der Waals surface area (Å²) >= 11 is 0. The molecule has 4 nitrogen and oxygen atoms in total. The van der Waals surface area contributed by atoms with Crippen LogP contribution >= 0.6 is 0 Å². The maximum atomic E-state index is 5.62. The van der Waals surface area contributed by atoms with Crippen LogP contribution < -0.4 is 10.1 Å². The molecule has 0 atom stereocenters. The molecule has 1 aliphatic rings. The lowest BCUT2D eigenvalue weighted by atomic mass is 10.2. The lowest BCUT2D eigenvalue weighted by Crippen LogP contribution is -2.16. The Kier molecular flexibility index (Phi) is 4.92. The van der Waals surface area contributed by atoms with E-state index in [0.717, 1.165) is 18.1 Å². The summed E-state index contributed by atoms with van der Waals surface area (Å²) in [6.07, 6.45) is 4.31. The van der Waals surface area contributed by atoms with Crippen LogP contribution in [0.5, 0.6) is 5.75 Å². The molecule has 1 aromatic heterocycles. The largest absolute Gasteiger partial charge is 0.491 e. The summed E-state index contributed by atoms with van der Waals surface area (Å²) in [5.41, 5.74) is 1.19. The van der Waals surface area contributed by atoms with Gasteiger partial charge in [-0.1, -0.05) is 18.2 Å². The molecule has 1 saturated carbocycles. The predicted octanol–water partition coefficient (Wildman–Crippen LogP) is 3.13. The second kappa shape index (κ2) is 7.29. The summed E-state index contributed by atoms with van der Waals surface area (Å²) in [4.78, 5) is 0. The summed E-state index contributed by atoms with van der Waals surface area (Å²) in [6, 6.07) is 12.5. The second-order valence-electron chi connectivity index (χ2n) is 5.24. The van der Waals surface area contributed by atoms with E-state index in [-0.39, 0.29) is 0 Å². The van der Waals surface area contributed by atoms with Crippen molar-refractivity contribution in [2.45, 2.75) is 32.0 Å². The third-order valence-electron chi connectivity index (χ3n) is 3.47. The van der Waals surface area contributed by atoms with Crippen molar-refractivity contribution >= 4 is 0 Å². The molecule has 1 N–H and O–H groups in total. The zero-order chi connectivity index (χ0) is 14.3. The Labute approximate surface area is 125 Å². The normalized spacial score (nSPS) is 14.3. The Morgan fingerprint density at radius 1 is 1.10 bits per heavy atom. The number of benzene rings is 1. The fourth-order valence-corrected chi connectivity index (χ4v) is 2.09. The Morgan fingerprint density at radius 3 is 2.76 bits per heavy atom. The van der Waals surface area contributed by atoms with Crippen LogP contribution in [0.15, 0.2) is 47.1 Å². The quantitative estimate of drug-likeness (QED) is 0.720. The van der Waals surface area contributed by atoms with Gasteiger partial charge in [0.05, 0.1) is 12.9 Å². The minimum Gasteiger partial charge on any atom is -0.491 e. The number of nitrogens with one attached hydrogen (secondary N) is 1. The minimum atomic E-state index is 0.493. The van der Waals surface area contributed by atoms with E-state index in [0.29, 0.717) is 25.9 Å². The first-order chi connectivity index (χ1) is 10.4. The van der Waals surface area contributed by atoms with E-state index >= 15 is 0 Å². The zero-order valence-corrected chi connectivity index (χ0v) is 12.1. The zero-order valence-electron chi connectivity index (χ0n) is 12.1. The fourth-order valence-electron chi connectivity index (χ4n) is 2.09. The highest BCUT2D eigenvalue weighted by molar-refractivity contribution is 5.20. The van der Waals surface area contributed by atoms with Crippen molar-refractivity contribution in [2.75, 3.05) is 13.2 Å². The van der Waals surface area contributed by atoms with E-state index in [9.17, 15) is 0 Å². The highest BCUT2D eigenvalue weighted by Crippen LogP contribution is 2.20. The third kappa shape index (κ3) is 4.62. The number of para-hydroxylation sites is 1. The first-order valence-corrected chi connectivity index (χ1v) is 7.46. The molecule has 0 spiro atoms. The number of ether oxygens (including phenoxy) is 2. The van der Waals surface area contributed by atoms with Gasteiger partial charge >= 0.3 is 0 Å². The molecule has 1 fully saturated rings. The van der Waals surface area contributed by atoms with Gasteiger partial charge in [-0.15, -0.1) is 0 Å². The summed E-state index contributed by atoms with van der Waals surface area (Å²) in [5.74, 6) is 1.77. The molecule has 4 heteroatoms. The average molecular weight is 287 g/mol. The Hall–Kier alpha value is -1.78. The van der Waals surface area contributed by atoms with E-state index < -0.39 is 0 Å². The maximum absolute atomic E-state index is 5.62. The monoisotopic (exact) mass is 287 g/mol. The van der Waals surface area contributed by atoms with E-state index in [1.54, 1.807) is 6.26 Å². The Bertz CT molecular complexity index is 534. The molecule has 2 aromatic rings. The predicted molar refractivity (Wildman–Crippen MR) is 80.2 cm³/mol. The van der Waals surface area contributed by atoms with Crippen LogP contribution in [0.3, 0.4) is 0 Å². The molecular weight excluding hydrogens is 266 g/mol. The number of furan rings is 1. The summed E-state index contributed by atoms with van der Waals surface area (Å²) in [5, 5.41) is 3.48. The summed E-state index contributed by atoms with van der Waals surface area (Å²) < 4.78 is 16.7. The molecule has 3 rings (SSSR count). The van der Waals surface area contributed by atoms with Crippen molar-refractivity contribution in [1.82, 2.24) is 5.32 Å². The number of rotatable bonds is 9. The van der Waals surface area contributed by atoms with Crippen molar-refractivity contribution in [1.29, 1.82) is 0 Å². The van der Waals surface area contributed by atoms with Crippen LogP contribution in [0.4, 0.5) is 0 Å². The van der Waals surface area contributed by atoms with Crippen LogP contribution in [0.25, 0.3) is 0 Å². The first-order valence-electron chi connectivity index (χ1n) is 7.46.